The van der Waals surface area contributed by atoms with Crippen LogP contribution in [0.5, 0.6) is 0 Å². The van der Waals surface area contributed by atoms with E-state index in [0.29, 0.717) is 31.9 Å². The van der Waals surface area contributed by atoms with Gasteiger partial charge in [-0.3, -0.25) is 4.79 Å². The molecular weight excluding hydrogens is 303 g/mol. The Morgan fingerprint density at radius 1 is 0.958 bits per heavy atom. The summed E-state index contributed by atoms with van der Waals surface area (Å²) in [5.74, 6) is -0.193. The van der Waals surface area contributed by atoms with Crippen LogP contribution < -0.4 is 4.90 Å². The van der Waals surface area contributed by atoms with Gasteiger partial charge in [0.15, 0.2) is 0 Å². The minimum Gasteiger partial charge on any atom is -0.366 e. The van der Waals surface area contributed by atoms with Crippen molar-refractivity contribution in [3.63, 3.8) is 0 Å². The lowest BCUT2D eigenvalue weighted by Crippen LogP contribution is -2.48. The van der Waals surface area contributed by atoms with E-state index in [1.807, 2.05) is 53.1 Å². The number of anilines is 1. The quantitative estimate of drug-likeness (QED) is 0.806. The van der Waals surface area contributed by atoms with Gasteiger partial charge in [0, 0.05) is 32.3 Å². The fraction of sp³-hybridized carbons (Fsp3) is 0.250. The molecule has 0 atom stereocenters. The molecule has 1 saturated heterocycles. The molecule has 0 radical (unpaired) electrons. The molecule has 1 amide bonds. The topological polar surface area (TPSA) is 23.6 Å². The predicted octanol–water partition coefficient (Wildman–Crippen LogP) is 3.58. The minimum atomic E-state index is -0.211. The number of halogens is 1. The molecule has 2 aromatic rings. The molecule has 0 saturated carbocycles. The van der Waals surface area contributed by atoms with Crippen molar-refractivity contribution in [2.45, 2.75) is 6.92 Å². The maximum Gasteiger partial charge on any atom is 0.246 e. The van der Waals surface area contributed by atoms with Crippen molar-refractivity contribution < 1.29 is 9.18 Å². The van der Waals surface area contributed by atoms with Crippen LogP contribution in [-0.4, -0.2) is 37.0 Å². The zero-order chi connectivity index (χ0) is 16.9. The van der Waals surface area contributed by atoms with Gasteiger partial charge in [0.1, 0.15) is 5.82 Å². The highest BCUT2D eigenvalue weighted by atomic mass is 19.1. The second kappa shape index (κ2) is 7.30. The Labute approximate surface area is 142 Å². The summed E-state index contributed by atoms with van der Waals surface area (Å²) in [5.41, 5.74) is 2.62. The third-order valence-corrected chi connectivity index (χ3v) is 4.35. The summed E-state index contributed by atoms with van der Waals surface area (Å²) in [6.07, 6.45) is 1.69. The largest absolute Gasteiger partial charge is 0.366 e. The van der Waals surface area contributed by atoms with Crippen LogP contribution in [0.25, 0.3) is 5.57 Å². The molecule has 1 aliphatic rings. The van der Waals surface area contributed by atoms with Crippen LogP contribution in [0.1, 0.15) is 12.5 Å². The van der Waals surface area contributed by atoms with Gasteiger partial charge in [-0.2, -0.15) is 0 Å². The van der Waals surface area contributed by atoms with Crippen molar-refractivity contribution in [2.75, 3.05) is 31.1 Å². The van der Waals surface area contributed by atoms with E-state index in [1.165, 1.54) is 6.07 Å². The van der Waals surface area contributed by atoms with Gasteiger partial charge in [0.05, 0.1) is 5.69 Å². The van der Waals surface area contributed by atoms with Crippen molar-refractivity contribution in [3.05, 3.63) is 72.1 Å². The highest BCUT2D eigenvalue weighted by molar-refractivity contribution is 5.95. The van der Waals surface area contributed by atoms with Crippen LogP contribution in [0, 0.1) is 5.82 Å². The molecular formula is C20H21FN2O. The number of benzene rings is 2. The highest BCUT2D eigenvalue weighted by Gasteiger charge is 2.21. The molecule has 1 aliphatic heterocycles. The number of hydrogen-bond acceptors (Lipinski definition) is 2. The lowest BCUT2D eigenvalue weighted by molar-refractivity contribution is -0.126. The molecule has 24 heavy (non-hydrogen) atoms. The van der Waals surface area contributed by atoms with Crippen molar-refractivity contribution in [2.24, 2.45) is 0 Å². The van der Waals surface area contributed by atoms with Crippen molar-refractivity contribution in [1.29, 1.82) is 0 Å². The number of amides is 1. The Morgan fingerprint density at radius 2 is 1.58 bits per heavy atom. The molecule has 0 aromatic heterocycles. The smallest absolute Gasteiger partial charge is 0.246 e. The van der Waals surface area contributed by atoms with Gasteiger partial charge in [-0.15, -0.1) is 0 Å². The fourth-order valence-electron chi connectivity index (χ4n) is 2.94. The number of para-hydroxylation sites is 1. The molecule has 0 aliphatic carbocycles. The Hall–Kier alpha value is -2.62. The summed E-state index contributed by atoms with van der Waals surface area (Å²) in [7, 11) is 0. The maximum atomic E-state index is 13.9. The van der Waals surface area contributed by atoms with Gasteiger partial charge < -0.3 is 9.80 Å². The average Bonchev–Trinajstić information content (AvgIpc) is 2.63. The SMILES string of the molecule is C/C(=C\C(=O)N1CCN(c2ccccc2F)CC1)c1ccccc1. The van der Waals surface area contributed by atoms with Crippen LogP contribution in [0.3, 0.4) is 0 Å². The first-order chi connectivity index (χ1) is 11.6. The molecule has 4 heteroatoms. The Bertz CT molecular complexity index is 734. The van der Waals surface area contributed by atoms with Gasteiger partial charge in [0.25, 0.3) is 0 Å². The lowest BCUT2D eigenvalue weighted by Gasteiger charge is -2.35. The summed E-state index contributed by atoms with van der Waals surface area (Å²) < 4.78 is 13.9. The van der Waals surface area contributed by atoms with E-state index in [-0.39, 0.29) is 11.7 Å². The normalized spacial score (nSPS) is 15.5. The van der Waals surface area contributed by atoms with Gasteiger partial charge in [0.2, 0.25) is 5.91 Å². The lowest BCUT2D eigenvalue weighted by atomic mass is 10.1. The van der Waals surface area contributed by atoms with Crippen molar-refractivity contribution in [1.82, 2.24) is 4.90 Å². The van der Waals surface area contributed by atoms with Crippen molar-refractivity contribution >= 4 is 17.2 Å². The summed E-state index contributed by atoms with van der Waals surface area (Å²) in [4.78, 5) is 16.3. The van der Waals surface area contributed by atoms with E-state index in [4.69, 9.17) is 0 Å². The third kappa shape index (κ3) is 3.65. The molecule has 0 N–H and O–H groups in total. The average molecular weight is 324 g/mol. The molecule has 1 heterocycles. The van der Waals surface area contributed by atoms with Crippen LogP contribution in [0.4, 0.5) is 10.1 Å². The first-order valence-electron chi connectivity index (χ1n) is 8.17. The van der Waals surface area contributed by atoms with Gasteiger partial charge >= 0.3 is 0 Å². The molecule has 3 rings (SSSR count). The number of carbonyl (C=O) groups is 1. The standard InChI is InChI=1S/C20H21FN2O/c1-16(17-7-3-2-4-8-17)15-20(24)23-13-11-22(12-14-23)19-10-6-5-9-18(19)21/h2-10,15H,11-14H2,1H3/b16-15+. The fourth-order valence-corrected chi connectivity index (χ4v) is 2.94. The van der Waals surface area contributed by atoms with E-state index in [0.717, 1.165) is 11.1 Å². The van der Waals surface area contributed by atoms with E-state index >= 15 is 0 Å². The van der Waals surface area contributed by atoms with Gasteiger partial charge in [-0.1, -0.05) is 42.5 Å². The molecule has 2 aromatic carbocycles. The molecule has 124 valence electrons. The molecule has 0 unspecified atom stereocenters. The van der Waals surface area contributed by atoms with Crippen LogP contribution in [-0.2, 0) is 4.79 Å². The van der Waals surface area contributed by atoms with E-state index in [2.05, 4.69) is 0 Å². The van der Waals surface area contributed by atoms with E-state index in [1.54, 1.807) is 18.2 Å². The first-order valence-corrected chi connectivity index (χ1v) is 8.17. The number of allylic oxidation sites excluding steroid dienone is 1. The second-order valence-electron chi connectivity index (χ2n) is 5.96. The number of hydrogen-bond donors (Lipinski definition) is 0. The van der Waals surface area contributed by atoms with Gasteiger partial charge in [-0.05, 0) is 30.2 Å². The number of nitrogens with zero attached hydrogens (tertiary/aromatic N) is 2. The minimum absolute atomic E-state index is 0.0181. The first kappa shape index (κ1) is 16.2. The Kier molecular flexibility index (Phi) is 4.94. The molecule has 1 fully saturated rings. The maximum absolute atomic E-state index is 13.9. The number of piperazine rings is 1. The third-order valence-electron chi connectivity index (χ3n) is 4.35. The second-order valence-corrected chi connectivity index (χ2v) is 5.96. The summed E-state index contributed by atoms with van der Waals surface area (Å²) in [6.45, 7) is 4.44. The Morgan fingerprint density at radius 3 is 2.25 bits per heavy atom. The van der Waals surface area contributed by atoms with Crippen LogP contribution >= 0.6 is 0 Å². The van der Waals surface area contributed by atoms with Crippen LogP contribution in [0.15, 0.2) is 60.7 Å². The number of rotatable bonds is 3. The zero-order valence-corrected chi connectivity index (χ0v) is 13.8. The van der Waals surface area contributed by atoms with Crippen LogP contribution in [0.2, 0.25) is 0 Å². The zero-order valence-electron chi connectivity index (χ0n) is 13.8. The monoisotopic (exact) mass is 324 g/mol. The highest BCUT2D eigenvalue weighted by Crippen LogP contribution is 2.20. The predicted molar refractivity (Wildman–Crippen MR) is 95.3 cm³/mol. The summed E-state index contributed by atoms with van der Waals surface area (Å²) in [5, 5.41) is 0. The number of carbonyl (C=O) groups excluding carboxylic acids is 1. The Balaban J connectivity index is 1.62. The van der Waals surface area contributed by atoms with Crippen molar-refractivity contribution in [3.8, 4) is 0 Å². The molecule has 0 spiro atoms. The van der Waals surface area contributed by atoms with E-state index in [9.17, 15) is 9.18 Å². The summed E-state index contributed by atoms with van der Waals surface area (Å²) >= 11 is 0. The summed E-state index contributed by atoms with van der Waals surface area (Å²) in [6, 6.07) is 16.7. The molecule has 3 nitrogen and oxygen atoms in total. The van der Waals surface area contributed by atoms with Gasteiger partial charge in [-0.25, -0.2) is 4.39 Å². The molecule has 0 bridgehead atoms. The van der Waals surface area contributed by atoms with E-state index < -0.39 is 0 Å².